The van der Waals surface area contributed by atoms with Gasteiger partial charge in [-0.3, -0.25) is 9.59 Å². The minimum absolute atomic E-state index is 0.0774. The van der Waals surface area contributed by atoms with Crippen molar-refractivity contribution in [1.82, 2.24) is 0 Å². The lowest BCUT2D eigenvalue weighted by Crippen LogP contribution is -2.08. The molecule has 1 aliphatic heterocycles. The van der Waals surface area contributed by atoms with E-state index in [0.29, 0.717) is 28.3 Å². The van der Waals surface area contributed by atoms with Crippen LogP contribution in [0.2, 0.25) is 5.02 Å². The maximum Gasteiger partial charge on any atom is 0.228 e. The molecule has 0 aliphatic carbocycles. The second-order valence-electron chi connectivity index (χ2n) is 4.40. The fourth-order valence-corrected chi connectivity index (χ4v) is 2.32. The van der Waals surface area contributed by atoms with E-state index < -0.39 is 0 Å². The van der Waals surface area contributed by atoms with Gasteiger partial charge in [0, 0.05) is 16.1 Å². The van der Waals surface area contributed by atoms with E-state index >= 15 is 0 Å². The number of rotatable bonds is 2. The molecule has 0 unspecified atom stereocenters. The molecule has 94 valence electrons. The molecule has 1 aliphatic rings. The molecule has 0 spiro atoms. The molecule has 1 heterocycles. The van der Waals surface area contributed by atoms with Crippen molar-refractivity contribution in [3.63, 3.8) is 0 Å². The number of para-hydroxylation sites is 1. The van der Waals surface area contributed by atoms with Crippen LogP contribution in [0.5, 0.6) is 0 Å². The highest BCUT2D eigenvalue weighted by Crippen LogP contribution is 2.29. The summed E-state index contributed by atoms with van der Waals surface area (Å²) in [5.41, 5.74) is 2.57. The van der Waals surface area contributed by atoms with E-state index in [9.17, 15) is 9.59 Å². The number of benzene rings is 2. The molecule has 0 radical (unpaired) electrons. The van der Waals surface area contributed by atoms with Crippen LogP contribution in [-0.4, -0.2) is 11.7 Å². The van der Waals surface area contributed by atoms with Gasteiger partial charge < -0.3 is 5.32 Å². The Morgan fingerprint density at radius 1 is 1.11 bits per heavy atom. The van der Waals surface area contributed by atoms with E-state index in [-0.39, 0.29) is 11.7 Å². The molecule has 1 amide bonds. The first kappa shape index (κ1) is 11.9. The SMILES string of the molecule is O=C1Cc2cccc(C(=O)c3ccc(Cl)cc3)c2N1. The first-order valence-electron chi connectivity index (χ1n) is 5.87. The minimum atomic E-state index is -0.115. The van der Waals surface area contributed by atoms with Gasteiger partial charge in [0.25, 0.3) is 0 Å². The van der Waals surface area contributed by atoms with Gasteiger partial charge in [0.2, 0.25) is 5.91 Å². The van der Waals surface area contributed by atoms with Crippen LogP contribution in [0.15, 0.2) is 42.5 Å². The third-order valence-electron chi connectivity index (χ3n) is 3.12. The molecule has 3 rings (SSSR count). The first-order valence-corrected chi connectivity index (χ1v) is 6.25. The third kappa shape index (κ3) is 2.13. The summed E-state index contributed by atoms with van der Waals surface area (Å²) in [6, 6.07) is 12.1. The largest absolute Gasteiger partial charge is 0.325 e. The Balaban J connectivity index is 2.04. The zero-order valence-corrected chi connectivity index (χ0v) is 10.7. The summed E-state index contributed by atoms with van der Waals surface area (Å²) < 4.78 is 0. The van der Waals surface area contributed by atoms with Crippen molar-refractivity contribution < 1.29 is 9.59 Å². The zero-order valence-electron chi connectivity index (χ0n) is 9.94. The Morgan fingerprint density at radius 2 is 1.84 bits per heavy atom. The lowest BCUT2D eigenvalue weighted by Gasteiger charge is -2.07. The van der Waals surface area contributed by atoms with Crippen LogP contribution in [0.25, 0.3) is 0 Å². The fourth-order valence-electron chi connectivity index (χ4n) is 2.20. The van der Waals surface area contributed by atoms with E-state index in [4.69, 9.17) is 11.6 Å². The molecule has 0 fully saturated rings. The average Bonchev–Trinajstić information content (AvgIpc) is 2.78. The quantitative estimate of drug-likeness (QED) is 0.853. The van der Waals surface area contributed by atoms with Gasteiger partial charge in [0.05, 0.1) is 12.1 Å². The molecule has 1 N–H and O–H groups in total. The van der Waals surface area contributed by atoms with Gasteiger partial charge in [0.1, 0.15) is 0 Å². The molecule has 19 heavy (non-hydrogen) atoms. The van der Waals surface area contributed by atoms with Gasteiger partial charge in [-0.2, -0.15) is 0 Å². The highest BCUT2D eigenvalue weighted by atomic mass is 35.5. The number of carbonyl (C=O) groups excluding carboxylic acids is 2. The van der Waals surface area contributed by atoms with Crippen LogP contribution >= 0.6 is 11.6 Å². The van der Waals surface area contributed by atoms with Crippen molar-refractivity contribution in [2.75, 3.05) is 5.32 Å². The zero-order chi connectivity index (χ0) is 13.4. The molecular weight excluding hydrogens is 262 g/mol. The summed E-state index contributed by atoms with van der Waals surface area (Å²) in [4.78, 5) is 23.8. The molecule has 2 aromatic carbocycles. The number of hydrogen-bond donors (Lipinski definition) is 1. The van der Waals surface area contributed by atoms with Crippen molar-refractivity contribution in [2.24, 2.45) is 0 Å². The van der Waals surface area contributed by atoms with Gasteiger partial charge in [-0.05, 0) is 35.9 Å². The maximum atomic E-state index is 12.4. The number of nitrogens with one attached hydrogen (secondary N) is 1. The van der Waals surface area contributed by atoms with E-state index in [1.54, 1.807) is 36.4 Å². The number of carbonyl (C=O) groups is 2. The van der Waals surface area contributed by atoms with Crippen molar-refractivity contribution in [1.29, 1.82) is 0 Å². The van der Waals surface area contributed by atoms with Crippen LogP contribution in [0.3, 0.4) is 0 Å². The van der Waals surface area contributed by atoms with Gasteiger partial charge in [0.15, 0.2) is 5.78 Å². The van der Waals surface area contributed by atoms with Gasteiger partial charge in [-0.1, -0.05) is 23.7 Å². The molecule has 0 atom stereocenters. The number of anilines is 1. The number of halogens is 1. The smallest absolute Gasteiger partial charge is 0.228 e. The normalized spacial score (nSPS) is 13.0. The molecular formula is C15H10ClNO2. The van der Waals surface area contributed by atoms with E-state index in [2.05, 4.69) is 5.32 Å². The predicted octanol–water partition coefficient (Wildman–Crippen LogP) is 3.07. The van der Waals surface area contributed by atoms with Crippen molar-refractivity contribution in [3.05, 3.63) is 64.2 Å². The molecule has 0 saturated heterocycles. The Kier molecular flexibility index (Phi) is 2.84. The van der Waals surface area contributed by atoms with Crippen molar-refractivity contribution in [3.8, 4) is 0 Å². The van der Waals surface area contributed by atoms with E-state index in [1.807, 2.05) is 6.07 Å². The van der Waals surface area contributed by atoms with Crippen molar-refractivity contribution in [2.45, 2.75) is 6.42 Å². The molecule has 4 heteroatoms. The average molecular weight is 272 g/mol. The number of ketones is 1. The predicted molar refractivity (Wildman–Crippen MR) is 73.7 cm³/mol. The highest BCUT2D eigenvalue weighted by molar-refractivity contribution is 6.30. The van der Waals surface area contributed by atoms with Crippen LogP contribution < -0.4 is 5.32 Å². The summed E-state index contributed by atoms with van der Waals surface area (Å²) in [6.45, 7) is 0. The van der Waals surface area contributed by atoms with Gasteiger partial charge in [-0.25, -0.2) is 0 Å². The molecule has 2 aromatic rings. The van der Waals surface area contributed by atoms with Gasteiger partial charge >= 0.3 is 0 Å². The topological polar surface area (TPSA) is 46.2 Å². The summed E-state index contributed by atoms with van der Waals surface area (Å²) >= 11 is 5.81. The molecule has 3 nitrogen and oxygen atoms in total. The number of amides is 1. The summed E-state index contributed by atoms with van der Waals surface area (Å²) in [7, 11) is 0. The lowest BCUT2D eigenvalue weighted by atomic mass is 9.99. The standard InChI is InChI=1S/C15H10ClNO2/c16-11-6-4-9(5-7-11)15(19)12-3-1-2-10-8-13(18)17-14(10)12/h1-7H,8H2,(H,17,18). The van der Waals surface area contributed by atoms with Crippen molar-refractivity contribution >= 4 is 29.0 Å². The summed E-state index contributed by atoms with van der Waals surface area (Å²) in [5.74, 6) is -0.193. The third-order valence-corrected chi connectivity index (χ3v) is 3.37. The number of fused-ring (bicyclic) bond motifs is 1. The second-order valence-corrected chi connectivity index (χ2v) is 4.84. The lowest BCUT2D eigenvalue weighted by molar-refractivity contribution is -0.115. The van der Waals surface area contributed by atoms with E-state index in [1.165, 1.54) is 0 Å². The fraction of sp³-hybridized carbons (Fsp3) is 0.0667. The summed E-state index contributed by atoms with van der Waals surface area (Å²) in [6.07, 6.45) is 0.330. The van der Waals surface area contributed by atoms with E-state index in [0.717, 1.165) is 5.56 Å². The van der Waals surface area contributed by atoms with Crippen LogP contribution in [0.4, 0.5) is 5.69 Å². The van der Waals surface area contributed by atoms with Gasteiger partial charge in [-0.15, -0.1) is 0 Å². The first-order chi connectivity index (χ1) is 9.15. The minimum Gasteiger partial charge on any atom is -0.325 e. The Morgan fingerprint density at radius 3 is 2.58 bits per heavy atom. The van der Waals surface area contributed by atoms with Crippen LogP contribution in [0.1, 0.15) is 21.5 Å². The monoisotopic (exact) mass is 271 g/mol. The second kappa shape index (κ2) is 4.52. The van der Waals surface area contributed by atoms with Crippen LogP contribution in [0, 0.1) is 0 Å². The molecule has 0 bridgehead atoms. The Hall–Kier alpha value is -2.13. The van der Waals surface area contributed by atoms with Crippen LogP contribution in [-0.2, 0) is 11.2 Å². The molecule has 0 aromatic heterocycles. The highest BCUT2D eigenvalue weighted by Gasteiger charge is 2.23. The number of hydrogen-bond acceptors (Lipinski definition) is 2. The Labute approximate surface area is 115 Å². The summed E-state index contributed by atoms with van der Waals surface area (Å²) in [5, 5.41) is 3.33. The molecule has 0 saturated carbocycles. The maximum absolute atomic E-state index is 12.4. The Bertz CT molecular complexity index is 677.